The highest BCUT2D eigenvalue weighted by molar-refractivity contribution is 7.80. The van der Waals surface area contributed by atoms with Gasteiger partial charge in [-0.15, -0.1) is 0 Å². The van der Waals surface area contributed by atoms with E-state index in [1.54, 1.807) is 25.1 Å². The maximum atomic E-state index is 13.3. The highest BCUT2D eigenvalue weighted by atomic mass is 35.5. The molecule has 0 saturated heterocycles. The highest BCUT2D eigenvalue weighted by Gasteiger charge is 2.30. The minimum absolute atomic E-state index is 0.214. The molecule has 0 aliphatic carbocycles. The van der Waals surface area contributed by atoms with E-state index in [0.29, 0.717) is 22.4 Å². The summed E-state index contributed by atoms with van der Waals surface area (Å²) in [6.45, 7) is 0.611. The van der Waals surface area contributed by atoms with Gasteiger partial charge in [0.25, 0.3) is 5.91 Å². The molecule has 4 rings (SSSR count). The van der Waals surface area contributed by atoms with Crippen molar-refractivity contribution in [2.45, 2.75) is 12.6 Å². The molecule has 0 fully saturated rings. The molecule has 1 heterocycles. The van der Waals surface area contributed by atoms with E-state index in [0.717, 1.165) is 34.5 Å². The fourth-order valence-corrected chi connectivity index (χ4v) is 4.14. The second kappa shape index (κ2) is 10.7. The minimum Gasteiger partial charge on any atom is -0.497 e. The largest absolute Gasteiger partial charge is 0.497 e. The fourth-order valence-electron chi connectivity index (χ4n) is 3.75. The zero-order valence-electron chi connectivity index (χ0n) is 18.9. The fraction of sp³-hybridized carbons (Fsp3) is 0.192. The quantitative estimate of drug-likeness (QED) is 0.505. The number of hydrogen-bond acceptors (Lipinski definition) is 4. The first-order valence-corrected chi connectivity index (χ1v) is 11.6. The van der Waals surface area contributed by atoms with Gasteiger partial charge in [0.15, 0.2) is 5.11 Å². The Morgan fingerprint density at radius 2 is 1.85 bits per heavy atom. The van der Waals surface area contributed by atoms with Gasteiger partial charge in [-0.25, -0.2) is 4.99 Å². The number of anilines is 1. The molecule has 0 radical (unpaired) electrons. The lowest BCUT2D eigenvalue weighted by Crippen LogP contribution is -2.49. The van der Waals surface area contributed by atoms with Gasteiger partial charge < -0.3 is 20.3 Å². The van der Waals surface area contributed by atoms with Crippen LogP contribution in [0.2, 0.25) is 5.02 Å². The first-order chi connectivity index (χ1) is 16.5. The predicted molar refractivity (Wildman–Crippen MR) is 141 cm³/mol. The number of thiocarbonyl (C=S) groups is 1. The Labute approximate surface area is 209 Å². The highest BCUT2D eigenvalue weighted by Crippen LogP contribution is 2.29. The first-order valence-electron chi connectivity index (χ1n) is 10.8. The maximum Gasteiger partial charge on any atom is 0.272 e. The molecule has 0 bridgehead atoms. The lowest BCUT2D eigenvalue weighted by Gasteiger charge is -2.22. The van der Waals surface area contributed by atoms with Crippen LogP contribution in [0.4, 0.5) is 5.69 Å². The summed E-state index contributed by atoms with van der Waals surface area (Å²) in [5.41, 5.74) is 4.24. The standard InChI is InChI=1S/C26H25ClN4O2S/c1-31-22-13-10-19(27)16-21(22)23(18-6-4-3-5-7-18)29-24(25(31)32)30-26(34)28-15-14-17-8-11-20(33-2)12-9-17/h3-13,16,24H,14-15H2,1-2H3,(H2,28,30,34). The first kappa shape index (κ1) is 23.7. The lowest BCUT2D eigenvalue weighted by molar-refractivity contribution is -0.119. The van der Waals surface area contributed by atoms with E-state index in [1.807, 2.05) is 66.7 Å². The van der Waals surface area contributed by atoms with Crippen LogP contribution in [0, 0.1) is 0 Å². The molecule has 1 aliphatic heterocycles. The van der Waals surface area contributed by atoms with E-state index in [2.05, 4.69) is 10.6 Å². The van der Waals surface area contributed by atoms with E-state index in [4.69, 9.17) is 33.5 Å². The molecule has 174 valence electrons. The van der Waals surface area contributed by atoms with Crippen molar-refractivity contribution in [2.24, 2.45) is 4.99 Å². The predicted octanol–water partition coefficient (Wildman–Crippen LogP) is 4.20. The minimum atomic E-state index is -0.882. The Hall–Kier alpha value is -3.42. The molecule has 34 heavy (non-hydrogen) atoms. The van der Waals surface area contributed by atoms with Crippen molar-refractivity contribution in [2.75, 3.05) is 25.6 Å². The number of carbonyl (C=O) groups is 1. The summed E-state index contributed by atoms with van der Waals surface area (Å²) in [4.78, 5) is 19.7. The van der Waals surface area contributed by atoms with Crippen molar-refractivity contribution in [3.63, 3.8) is 0 Å². The number of nitrogens with zero attached hydrogens (tertiary/aromatic N) is 2. The van der Waals surface area contributed by atoms with E-state index >= 15 is 0 Å². The Balaban J connectivity index is 1.53. The Bertz CT molecular complexity index is 1220. The molecule has 3 aromatic carbocycles. The summed E-state index contributed by atoms with van der Waals surface area (Å²) in [7, 11) is 3.37. The topological polar surface area (TPSA) is 66.0 Å². The molecule has 0 aromatic heterocycles. The summed E-state index contributed by atoms with van der Waals surface area (Å²) in [6, 6.07) is 23.1. The number of fused-ring (bicyclic) bond motifs is 1. The summed E-state index contributed by atoms with van der Waals surface area (Å²) >= 11 is 11.8. The molecular weight excluding hydrogens is 468 g/mol. The van der Waals surface area contributed by atoms with Crippen LogP contribution < -0.4 is 20.3 Å². The number of hydrogen-bond donors (Lipinski definition) is 2. The van der Waals surface area contributed by atoms with Crippen LogP contribution in [0.15, 0.2) is 77.8 Å². The summed E-state index contributed by atoms with van der Waals surface area (Å²) in [6.07, 6.45) is -0.111. The average Bonchev–Trinajstić information content (AvgIpc) is 2.95. The summed E-state index contributed by atoms with van der Waals surface area (Å²) < 4.78 is 5.19. The number of carbonyl (C=O) groups excluding carboxylic acids is 1. The summed E-state index contributed by atoms with van der Waals surface area (Å²) in [5.74, 6) is 0.605. The number of ether oxygens (including phenoxy) is 1. The lowest BCUT2D eigenvalue weighted by atomic mass is 10.0. The number of rotatable bonds is 6. The molecule has 8 heteroatoms. The second-order valence-corrected chi connectivity index (χ2v) is 8.65. The van der Waals surface area contributed by atoms with Gasteiger partial charge in [0.05, 0.1) is 18.5 Å². The van der Waals surface area contributed by atoms with Crippen molar-refractivity contribution in [3.05, 3.63) is 94.5 Å². The molecule has 3 aromatic rings. The van der Waals surface area contributed by atoms with Gasteiger partial charge in [-0.3, -0.25) is 4.79 Å². The van der Waals surface area contributed by atoms with Gasteiger partial charge in [0.2, 0.25) is 6.17 Å². The van der Waals surface area contributed by atoms with E-state index in [1.165, 1.54) is 0 Å². The number of methoxy groups -OCH3 is 1. The van der Waals surface area contributed by atoms with E-state index < -0.39 is 6.17 Å². The van der Waals surface area contributed by atoms with Gasteiger partial charge >= 0.3 is 0 Å². The molecule has 0 saturated carbocycles. The number of aliphatic imine (C=N–C) groups is 1. The molecule has 1 unspecified atom stereocenters. The average molecular weight is 493 g/mol. The number of amides is 1. The Morgan fingerprint density at radius 3 is 2.56 bits per heavy atom. The van der Waals surface area contributed by atoms with Crippen molar-refractivity contribution in [1.82, 2.24) is 10.6 Å². The van der Waals surface area contributed by atoms with Crippen LogP contribution >= 0.6 is 23.8 Å². The number of nitrogens with one attached hydrogen (secondary N) is 2. The molecular formula is C26H25ClN4O2S. The van der Waals surface area contributed by atoms with Crippen molar-refractivity contribution in [3.8, 4) is 5.75 Å². The van der Waals surface area contributed by atoms with Crippen LogP contribution in [-0.2, 0) is 11.2 Å². The van der Waals surface area contributed by atoms with E-state index in [9.17, 15) is 4.79 Å². The van der Waals surface area contributed by atoms with Crippen LogP contribution in [-0.4, -0.2) is 43.6 Å². The third-order valence-corrected chi connectivity index (χ3v) is 6.07. The van der Waals surface area contributed by atoms with Gasteiger partial charge in [-0.05, 0) is 54.5 Å². The number of benzodiazepines with no additional fused rings is 1. The third-order valence-electron chi connectivity index (χ3n) is 5.57. The smallest absolute Gasteiger partial charge is 0.272 e. The zero-order chi connectivity index (χ0) is 24.1. The van der Waals surface area contributed by atoms with Crippen LogP contribution in [0.25, 0.3) is 0 Å². The van der Waals surface area contributed by atoms with Crippen LogP contribution in [0.5, 0.6) is 5.75 Å². The maximum absolute atomic E-state index is 13.3. The van der Waals surface area contributed by atoms with Gasteiger partial charge in [-0.2, -0.15) is 0 Å². The molecule has 2 N–H and O–H groups in total. The molecule has 1 aliphatic rings. The molecule has 6 nitrogen and oxygen atoms in total. The second-order valence-electron chi connectivity index (χ2n) is 7.80. The Kier molecular flexibility index (Phi) is 7.45. The van der Waals surface area contributed by atoms with Crippen molar-refractivity contribution >= 4 is 46.2 Å². The monoisotopic (exact) mass is 492 g/mol. The van der Waals surface area contributed by atoms with Crippen LogP contribution in [0.3, 0.4) is 0 Å². The van der Waals surface area contributed by atoms with Gasteiger partial charge in [-0.1, -0.05) is 54.1 Å². The molecule has 1 atom stereocenters. The third kappa shape index (κ3) is 5.38. The van der Waals surface area contributed by atoms with Crippen LogP contribution in [0.1, 0.15) is 16.7 Å². The van der Waals surface area contributed by atoms with Crippen molar-refractivity contribution in [1.29, 1.82) is 0 Å². The normalized spacial score (nSPS) is 15.1. The zero-order valence-corrected chi connectivity index (χ0v) is 20.5. The summed E-state index contributed by atoms with van der Waals surface area (Å²) in [5, 5.41) is 7.19. The SMILES string of the molecule is COc1ccc(CCNC(=S)NC2N=C(c3ccccc3)c3cc(Cl)ccc3N(C)C2=O)cc1. The Morgan fingerprint density at radius 1 is 1.12 bits per heavy atom. The molecule has 1 amide bonds. The number of likely N-dealkylation sites (N-methyl/N-ethyl adjacent to an activating group) is 1. The van der Waals surface area contributed by atoms with E-state index in [-0.39, 0.29) is 5.91 Å². The van der Waals surface area contributed by atoms with Crippen molar-refractivity contribution < 1.29 is 9.53 Å². The number of benzene rings is 3. The van der Waals surface area contributed by atoms with Gasteiger partial charge in [0, 0.05) is 29.7 Å². The van der Waals surface area contributed by atoms with Gasteiger partial charge in [0.1, 0.15) is 5.75 Å². The molecule has 0 spiro atoms. The number of halogens is 1.